The summed E-state index contributed by atoms with van der Waals surface area (Å²) >= 11 is 6.06. The number of benzene rings is 2. The molecule has 98 valence electrons. The van der Waals surface area contributed by atoms with E-state index >= 15 is 0 Å². The van der Waals surface area contributed by atoms with Crippen LogP contribution in [0, 0.1) is 0 Å². The van der Waals surface area contributed by atoms with Gasteiger partial charge >= 0.3 is 5.97 Å². The number of carboxylic acids is 1. The van der Waals surface area contributed by atoms with Crippen molar-refractivity contribution in [3.63, 3.8) is 0 Å². The van der Waals surface area contributed by atoms with Crippen molar-refractivity contribution in [2.24, 2.45) is 0 Å². The first kappa shape index (κ1) is 13.4. The number of carboxylic acid groups (broad SMARTS) is 1. The molecule has 0 saturated carbocycles. The summed E-state index contributed by atoms with van der Waals surface area (Å²) in [6.45, 7) is 0.429. The summed E-state index contributed by atoms with van der Waals surface area (Å²) in [5.41, 5.74) is 1.71. The van der Waals surface area contributed by atoms with E-state index < -0.39 is 5.97 Å². The Labute approximate surface area is 116 Å². The molecule has 0 bridgehead atoms. The van der Waals surface area contributed by atoms with Gasteiger partial charge in [0.05, 0.1) is 11.4 Å². The molecule has 0 spiro atoms. The van der Waals surface area contributed by atoms with Gasteiger partial charge in [-0.2, -0.15) is 0 Å². The zero-order valence-corrected chi connectivity index (χ0v) is 10.9. The minimum absolute atomic E-state index is 0.0430. The van der Waals surface area contributed by atoms with E-state index in [9.17, 15) is 4.79 Å². The monoisotopic (exact) mass is 276 g/mol. The molecular formula is C15H13ClO3. The lowest BCUT2D eigenvalue weighted by Crippen LogP contribution is -2.01. The molecule has 0 radical (unpaired) electrons. The molecule has 0 fully saturated rings. The van der Waals surface area contributed by atoms with E-state index in [0.29, 0.717) is 22.9 Å². The number of carbonyl (C=O) groups is 1. The van der Waals surface area contributed by atoms with Crippen LogP contribution in [0.4, 0.5) is 0 Å². The molecule has 0 saturated heterocycles. The number of hydrogen-bond donors (Lipinski definition) is 1. The second-order valence-corrected chi connectivity index (χ2v) is 4.52. The van der Waals surface area contributed by atoms with Crippen molar-refractivity contribution >= 4 is 17.6 Å². The Bertz CT molecular complexity index is 567. The molecule has 2 aromatic rings. The smallest absolute Gasteiger partial charge is 0.307 e. The van der Waals surface area contributed by atoms with Gasteiger partial charge in [-0.15, -0.1) is 0 Å². The molecule has 0 amide bonds. The number of rotatable bonds is 5. The van der Waals surface area contributed by atoms with Crippen LogP contribution in [0.2, 0.25) is 5.02 Å². The predicted molar refractivity (Wildman–Crippen MR) is 73.6 cm³/mol. The molecule has 0 aliphatic rings. The molecule has 0 atom stereocenters. The van der Waals surface area contributed by atoms with Crippen LogP contribution in [0.1, 0.15) is 11.1 Å². The fourth-order valence-corrected chi connectivity index (χ4v) is 1.94. The summed E-state index contributed by atoms with van der Waals surface area (Å²) in [4.78, 5) is 10.6. The Balaban J connectivity index is 2.03. The summed E-state index contributed by atoms with van der Waals surface area (Å²) in [6.07, 6.45) is -0.0430. The van der Waals surface area contributed by atoms with E-state index in [0.717, 1.165) is 5.56 Å². The molecule has 19 heavy (non-hydrogen) atoms. The molecule has 3 nitrogen and oxygen atoms in total. The maximum absolute atomic E-state index is 10.6. The second kappa shape index (κ2) is 6.25. The largest absolute Gasteiger partial charge is 0.487 e. The molecule has 0 heterocycles. The highest BCUT2D eigenvalue weighted by Gasteiger charge is 2.06. The van der Waals surface area contributed by atoms with E-state index in [-0.39, 0.29) is 6.42 Å². The fraction of sp³-hybridized carbons (Fsp3) is 0.133. The zero-order chi connectivity index (χ0) is 13.7. The van der Waals surface area contributed by atoms with E-state index in [1.165, 1.54) is 0 Å². The van der Waals surface area contributed by atoms with Crippen molar-refractivity contribution in [1.29, 1.82) is 0 Å². The topological polar surface area (TPSA) is 46.5 Å². The van der Waals surface area contributed by atoms with E-state index in [4.69, 9.17) is 21.4 Å². The minimum Gasteiger partial charge on any atom is -0.487 e. The first-order valence-corrected chi connectivity index (χ1v) is 6.20. The van der Waals surface area contributed by atoms with Gasteiger partial charge in [-0.25, -0.2) is 0 Å². The average Bonchev–Trinajstić information content (AvgIpc) is 2.38. The van der Waals surface area contributed by atoms with Crippen LogP contribution in [0.15, 0.2) is 48.5 Å². The summed E-state index contributed by atoms with van der Waals surface area (Å²) in [6, 6.07) is 14.8. The molecule has 4 heteroatoms. The zero-order valence-electron chi connectivity index (χ0n) is 10.2. The number of halogens is 1. The van der Waals surface area contributed by atoms with Crippen LogP contribution in [0.25, 0.3) is 0 Å². The highest BCUT2D eigenvalue weighted by molar-refractivity contribution is 6.32. The quantitative estimate of drug-likeness (QED) is 0.908. The Morgan fingerprint density at radius 2 is 1.84 bits per heavy atom. The van der Waals surface area contributed by atoms with Gasteiger partial charge in [0.15, 0.2) is 0 Å². The number of aliphatic carboxylic acids is 1. The van der Waals surface area contributed by atoms with Crippen LogP contribution >= 0.6 is 11.6 Å². The average molecular weight is 277 g/mol. The lowest BCUT2D eigenvalue weighted by Gasteiger charge is -2.09. The third kappa shape index (κ3) is 4.00. The molecule has 2 rings (SSSR count). The van der Waals surface area contributed by atoms with Crippen molar-refractivity contribution in [1.82, 2.24) is 0 Å². The lowest BCUT2D eigenvalue weighted by atomic mass is 10.1. The Morgan fingerprint density at radius 1 is 1.11 bits per heavy atom. The van der Waals surface area contributed by atoms with Crippen LogP contribution < -0.4 is 4.74 Å². The van der Waals surface area contributed by atoms with Gasteiger partial charge in [-0.05, 0) is 23.3 Å². The van der Waals surface area contributed by atoms with Gasteiger partial charge in [0.2, 0.25) is 0 Å². The molecule has 2 aromatic carbocycles. The molecular weight excluding hydrogens is 264 g/mol. The van der Waals surface area contributed by atoms with Crippen LogP contribution in [-0.2, 0) is 17.8 Å². The van der Waals surface area contributed by atoms with Crippen LogP contribution in [0.3, 0.4) is 0 Å². The maximum atomic E-state index is 10.6. The van der Waals surface area contributed by atoms with E-state index in [1.807, 2.05) is 30.3 Å². The van der Waals surface area contributed by atoms with Gasteiger partial charge in [-0.1, -0.05) is 48.0 Å². The van der Waals surface area contributed by atoms with Crippen molar-refractivity contribution in [2.45, 2.75) is 13.0 Å². The van der Waals surface area contributed by atoms with Gasteiger partial charge in [-0.3, -0.25) is 4.79 Å². The van der Waals surface area contributed by atoms with Crippen molar-refractivity contribution in [3.8, 4) is 5.75 Å². The van der Waals surface area contributed by atoms with Crippen molar-refractivity contribution in [2.75, 3.05) is 0 Å². The SMILES string of the molecule is O=C(O)Cc1ccc(OCc2ccccc2)c(Cl)c1. The molecule has 1 N–H and O–H groups in total. The van der Waals surface area contributed by atoms with Crippen LogP contribution in [0.5, 0.6) is 5.75 Å². The third-order valence-electron chi connectivity index (χ3n) is 2.59. The molecule has 0 unspecified atom stereocenters. The summed E-state index contributed by atoms with van der Waals surface area (Å²) in [7, 11) is 0. The highest BCUT2D eigenvalue weighted by atomic mass is 35.5. The summed E-state index contributed by atoms with van der Waals surface area (Å²) in [5, 5.41) is 9.13. The third-order valence-corrected chi connectivity index (χ3v) is 2.88. The van der Waals surface area contributed by atoms with Crippen molar-refractivity contribution in [3.05, 3.63) is 64.7 Å². The lowest BCUT2D eigenvalue weighted by molar-refractivity contribution is -0.136. The fourth-order valence-electron chi connectivity index (χ4n) is 1.68. The van der Waals surface area contributed by atoms with Crippen LogP contribution in [-0.4, -0.2) is 11.1 Å². The Morgan fingerprint density at radius 3 is 2.47 bits per heavy atom. The highest BCUT2D eigenvalue weighted by Crippen LogP contribution is 2.26. The molecule has 0 aliphatic carbocycles. The Hall–Kier alpha value is -2.00. The van der Waals surface area contributed by atoms with Gasteiger partial charge in [0.1, 0.15) is 12.4 Å². The molecule has 0 aromatic heterocycles. The normalized spacial score (nSPS) is 10.2. The molecule has 0 aliphatic heterocycles. The summed E-state index contributed by atoms with van der Waals surface area (Å²) in [5.74, 6) is -0.325. The maximum Gasteiger partial charge on any atom is 0.307 e. The van der Waals surface area contributed by atoms with Gasteiger partial charge in [0.25, 0.3) is 0 Å². The Kier molecular flexibility index (Phi) is 4.42. The first-order valence-electron chi connectivity index (χ1n) is 5.82. The first-order chi connectivity index (χ1) is 9.15. The number of hydrogen-bond acceptors (Lipinski definition) is 2. The predicted octanol–water partition coefficient (Wildman–Crippen LogP) is 3.55. The van der Waals surface area contributed by atoms with Crippen molar-refractivity contribution < 1.29 is 14.6 Å². The number of ether oxygens (including phenoxy) is 1. The van der Waals surface area contributed by atoms with E-state index in [1.54, 1.807) is 18.2 Å². The van der Waals surface area contributed by atoms with Gasteiger partial charge in [0, 0.05) is 0 Å². The minimum atomic E-state index is -0.881. The standard InChI is InChI=1S/C15H13ClO3/c16-13-8-12(9-15(17)18)6-7-14(13)19-10-11-4-2-1-3-5-11/h1-8H,9-10H2,(H,17,18). The summed E-state index contributed by atoms with van der Waals surface area (Å²) < 4.78 is 5.60. The van der Waals surface area contributed by atoms with E-state index in [2.05, 4.69) is 0 Å². The second-order valence-electron chi connectivity index (χ2n) is 4.11. The van der Waals surface area contributed by atoms with Gasteiger partial charge < -0.3 is 9.84 Å².